The predicted octanol–water partition coefficient (Wildman–Crippen LogP) is 2.11. The summed E-state index contributed by atoms with van der Waals surface area (Å²) in [5.74, 6) is 1.60. The monoisotopic (exact) mass is 298 g/mol. The van der Waals surface area contributed by atoms with Crippen LogP contribution < -0.4 is 14.8 Å². The Bertz CT molecular complexity index is 460. The zero-order chi connectivity index (χ0) is 14.5. The molecule has 0 aromatic heterocycles. The predicted molar refractivity (Wildman–Crippen MR) is 82.3 cm³/mol. The Labute approximate surface area is 126 Å². The van der Waals surface area contributed by atoms with Crippen LogP contribution in [0.3, 0.4) is 0 Å². The van der Waals surface area contributed by atoms with E-state index in [4.69, 9.17) is 21.1 Å². The molecule has 0 radical (unpaired) electrons. The summed E-state index contributed by atoms with van der Waals surface area (Å²) in [7, 11) is 3.34. The van der Waals surface area contributed by atoms with Crippen LogP contribution in [0, 0.1) is 6.92 Å². The SMILES string of the molecule is COc1cc(CCN2CCNCC2)c(OC)c(Cl)c1C. The van der Waals surface area contributed by atoms with Crippen LogP contribution in [0.4, 0.5) is 0 Å². The van der Waals surface area contributed by atoms with E-state index in [9.17, 15) is 0 Å². The molecule has 1 saturated heterocycles. The summed E-state index contributed by atoms with van der Waals surface area (Å²) < 4.78 is 10.9. The lowest BCUT2D eigenvalue weighted by molar-refractivity contribution is 0.243. The first-order chi connectivity index (χ1) is 9.67. The fourth-order valence-corrected chi connectivity index (χ4v) is 2.87. The number of methoxy groups -OCH3 is 2. The maximum atomic E-state index is 6.38. The molecule has 0 bridgehead atoms. The third-order valence-corrected chi connectivity index (χ3v) is 4.28. The van der Waals surface area contributed by atoms with Gasteiger partial charge in [-0.25, -0.2) is 0 Å². The highest BCUT2D eigenvalue weighted by Crippen LogP contribution is 2.37. The van der Waals surface area contributed by atoms with Gasteiger partial charge in [-0.15, -0.1) is 0 Å². The molecule has 1 aromatic carbocycles. The van der Waals surface area contributed by atoms with Crippen LogP contribution in [0.5, 0.6) is 11.5 Å². The molecule has 1 heterocycles. The number of ether oxygens (including phenoxy) is 2. The summed E-state index contributed by atoms with van der Waals surface area (Å²) >= 11 is 6.38. The Morgan fingerprint density at radius 3 is 2.55 bits per heavy atom. The minimum absolute atomic E-state index is 0.655. The normalized spacial score (nSPS) is 16.2. The molecule has 0 atom stereocenters. The van der Waals surface area contributed by atoms with E-state index in [1.54, 1.807) is 14.2 Å². The number of benzene rings is 1. The summed E-state index contributed by atoms with van der Waals surface area (Å²) in [5.41, 5.74) is 2.04. The molecule has 0 saturated carbocycles. The fraction of sp³-hybridized carbons (Fsp3) is 0.600. The molecule has 0 unspecified atom stereocenters. The molecule has 112 valence electrons. The molecule has 2 rings (SSSR count). The Morgan fingerprint density at radius 2 is 1.95 bits per heavy atom. The summed E-state index contributed by atoms with van der Waals surface area (Å²) in [6.07, 6.45) is 0.916. The van der Waals surface area contributed by atoms with Crippen LogP contribution in [-0.2, 0) is 6.42 Å². The van der Waals surface area contributed by atoms with Crippen LogP contribution in [0.25, 0.3) is 0 Å². The molecule has 5 heteroatoms. The Kier molecular flexibility index (Phi) is 5.52. The molecule has 1 aliphatic heterocycles. The van der Waals surface area contributed by atoms with Crippen LogP contribution >= 0.6 is 11.6 Å². The van der Waals surface area contributed by atoms with Crippen molar-refractivity contribution in [2.24, 2.45) is 0 Å². The minimum Gasteiger partial charge on any atom is -0.496 e. The van der Waals surface area contributed by atoms with E-state index in [0.29, 0.717) is 5.02 Å². The molecule has 0 amide bonds. The van der Waals surface area contributed by atoms with Crippen molar-refractivity contribution in [1.82, 2.24) is 10.2 Å². The maximum absolute atomic E-state index is 6.38. The average molecular weight is 299 g/mol. The van der Waals surface area contributed by atoms with Crippen molar-refractivity contribution in [2.75, 3.05) is 46.9 Å². The lowest BCUT2D eigenvalue weighted by Crippen LogP contribution is -2.44. The van der Waals surface area contributed by atoms with Gasteiger partial charge in [-0.05, 0) is 19.4 Å². The van der Waals surface area contributed by atoms with Crippen molar-refractivity contribution < 1.29 is 9.47 Å². The number of halogens is 1. The van der Waals surface area contributed by atoms with E-state index >= 15 is 0 Å². The average Bonchev–Trinajstić information content (AvgIpc) is 2.49. The first-order valence-electron chi connectivity index (χ1n) is 7.00. The molecule has 20 heavy (non-hydrogen) atoms. The van der Waals surface area contributed by atoms with Crippen LogP contribution in [0.2, 0.25) is 5.02 Å². The summed E-state index contributed by atoms with van der Waals surface area (Å²) in [6, 6.07) is 2.04. The molecule has 0 spiro atoms. The van der Waals surface area contributed by atoms with E-state index < -0.39 is 0 Å². The lowest BCUT2D eigenvalue weighted by atomic mass is 10.1. The summed E-state index contributed by atoms with van der Waals surface area (Å²) in [6.45, 7) is 7.28. The van der Waals surface area contributed by atoms with Crippen LogP contribution in [0.15, 0.2) is 6.07 Å². The zero-order valence-electron chi connectivity index (χ0n) is 12.5. The van der Waals surface area contributed by atoms with Crippen LogP contribution in [-0.4, -0.2) is 51.8 Å². The zero-order valence-corrected chi connectivity index (χ0v) is 13.2. The second-order valence-corrected chi connectivity index (χ2v) is 5.43. The highest BCUT2D eigenvalue weighted by Gasteiger charge is 2.17. The van der Waals surface area contributed by atoms with Gasteiger partial charge >= 0.3 is 0 Å². The van der Waals surface area contributed by atoms with Crippen molar-refractivity contribution in [3.05, 3.63) is 22.2 Å². The highest BCUT2D eigenvalue weighted by atomic mass is 35.5. The number of hydrogen-bond donors (Lipinski definition) is 1. The van der Waals surface area contributed by atoms with E-state index in [-0.39, 0.29) is 0 Å². The number of nitrogens with zero attached hydrogens (tertiary/aromatic N) is 1. The molecular weight excluding hydrogens is 276 g/mol. The number of hydrogen-bond acceptors (Lipinski definition) is 4. The minimum atomic E-state index is 0.655. The second-order valence-electron chi connectivity index (χ2n) is 5.05. The van der Waals surface area contributed by atoms with E-state index in [2.05, 4.69) is 10.2 Å². The van der Waals surface area contributed by atoms with Gasteiger partial charge in [0.15, 0.2) is 0 Å². The van der Waals surface area contributed by atoms with E-state index in [1.807, 2.05) is 13.0 Å². The Hall–Kier alpha value is -0.970. The number of nitrogens with one attached hydrogen (secondary N) is 1. The molecule has 4 nitrogen and oxygen atoms in total. The summed E-state index contributed by atoms with van der Waals surface area (Å²) in [4.78, 5) is 2.45. The number of piperazine rings is 1. The summed E-state index contributed by atoms with van der Waals surface area (Å²) in [5, 5.41) is 4.02. The van der Waals surface area contributed by atoms with Crippen molar-refractivity contribution in [1.29, 1.82) is 0 Å². The van der Waals surface area contributed by atoms with Gasteiger partial charge in [0.2, 0.25) is 0 Å². The molecular formula is C15H23ClN2O2. The van der Waals surface area contributed by atoms with Crippen molar-refractivity contribution in [2.45, 2.75) is 13.3 Å². The smallest absolute Gasteiger partial charge is 0.141 e. The third-order valence-electron chi connectivity index (χ3n) is 3.83. The van der Waals surface area contributed by atoms with Gasteiger partial charge in [0, 0.05) is 43.9 Å². The van der Waals surface area contributed by atoms with Gasteiger partial charge in [-0.3, -0.25) is 0 Å². The van der Waals surface area contributed by atoms with Crippen molar-refractivity contribution in [3.8, 4) is 11.5 Å². The lowest BCUT2D eigenvalue weighted by Gasteiger charge is -2.27. The standard InChI is InChI=1S/C15H23ClN2O2/c1-11-13(19-2)10-12(15(20-3)14(11)16)4-7-18-8-5-17-6-9-18/h10,17H,4-9H2,1-3H3. The van der Waals surface area contributed by atoms with E-state index in [0.717, 1.165) is 61.8 Å². The first kappa shape index (κ1) is 15.4. The quantitative estimate of drug-likeness (QED) is 0.903. The fourth-order valence-electron chi connectivity index (χ4n) is 2.58. The topological polar surface area (TPSA) is 33.7 Å². The van der Waals surface area contributed by atoms with Gasteiger partial charge in [0.1, 0.15) is 11.5 Å². The van der Waals surface area contributed by atoms with Gasteiger partial charge in [0.05, 0.1) is 19.2 Å². The van der Waals surface area contributed by atoms with Gasteiger partial charge < -0.3 is 19.7 Å². The Balaban J connectivity index is 2.14. The molecule has 1 N–H and O–H groups in total. The molecule has 1 fully saturated rings. The third kappa shape index (κ3) is 3.37. The van der Waals surface area contributed by atoms with Crippen molar-refractivity contribution in [3.63, 3.8) is 0 Å². The van der Waals surface area contributed by atoms with Gasteiger partial charge in [-0.2, -0.15) is 0 Å². The van der Waals surface area contributed by atoms with Crippen LogP contribution in [0.1, 0.15) is 11.1 Å². The van der Waals surface area contributed by atoms with Crippen molar-refractivity contribution >= 4 is 11.6 Å². The highest BCUT2D eigenvalue weighted by molar-refractivity contribution is 6.33. The molecule has 0 aliphatic carbocycles. The molecule has 1 aliphatic rings. The van der Waals surface area contributed by atoms with Gasteiger partial charge in [-0.1, -0.05) is 11.6 Å². The number of rotatable bonds is 5. The largest absolute Gasteiger partial charge is 0.496 e. The molecule has 1 aromatic rings. The second kappa shape index (κ2) is 7.16. The van der Waals surface area contributed by atoms with Gasteiger partial charge in [0.25, 0.3) is 0 Å². The van der Waals surface area contributed by atoms with E-state index in [1.165, 1.54) is 0 Å². The maximum Gasteiger partial charge on any atom is 0.141 e. The first-order valence-corrected chi connectivity index (χ1v) is 7.38. The Morgan fingerprint density at radius 1 is 1.25 bits per heavy atom.